The van der Waals surface area contributed by atoms with Crippen LogP contribution in [0.2, 0.25) is 5.15 Å². The van der Waals surface area contributed by atoms with Crippen LogP contribution in [0.25, 0.3) is 0 Å². The molecule has 6 nitrogen and oxygen atoms in total. The molecule has 0 aliphatic carbocycles. The number of pyridine rings is 1. The zero-order valence-corrected chi connectivity index (χ0v) is 10.1. The lowest BCUT2D eigenvalue weighted by molar-refractivity contribution is -0.147. The van der Waals surface area contributed by atoms with Crippen molar-refractivity contribution in [2.45, 2.75) is 6.04 Å². The zero-order chi connectivity index (χ0) is 13.1. The smallest absolute Gasteiger partial charge is 0.328 e. The van der Waals surface area contributed by atoms with Crippen LogP contribution in [0.4, 0.5) is 0 Å². The molecule has 1 N–H and O–H groups in total. The minimum Gasteiger partial charge on any atom is -0.480 e. The fourth-order valence-electron chi connectivity index (χ4n) is 1.72. The molecule has 0 radical (unpaired) electrons. The number of halogens is 1. The third-order valence-electron chi connectivity index (χ3n) is 2.65. The van der Waals surface area contributed by atoms with Gasteiger partial charge in [0.25, 0.3) is 5.91 Å². The first-order valence-corrected chi connectivity index (χ1v) is 5.70. The van der Waals surface area contributed by atoms with Crippen LogP contribution in [0.3, 0.4) is 0 Å². The molecule has 1 amide bonds. The Balaban J connectivity index is 2.20. The molecule has 1 aromatic heterocycles. The average Bonchev–Trinajstić information content (AvgIpc) is 2.39. The highest BCUT2D eigenvalue weighted by Crippen LogP contribution is 2.13. The van der Waals surface area contributed by atoms with Gasteiger partial charge in [-0.25, -0.2) is 9.78 Å². The van der Waals surface area contributed by atoms with Crippen molar-refractivity contribution in [2.24, 2.45) is 0 Å². The Morgan fingerprint density at radius 2 is 2.28 bits per heavy atom. The number of morpholine rings is 1. The van der Waals surface area contributed by atoms with E-state index in [0.717, 1.165) is 0 Å². The number of nitrogens with zero attached hydrogens (tertiary/aromatic N) is 2. The summed E-state index contributed by atoms with van der Waals surface area (Å²) in [6.45, 7) is 0.580. The summed E-state index contributed by atoms with van der Waals surface area (Å²) < 4.78 is 5.07. The monoisotopic (exact) mass is 270 g/mol. The van der Waals surface area contributed by atoms with Crippen molar-refractivity contribution >= 4 is 23.5 Å². The van der Waals surface area contributed by atoms with E-state index in [1.54, 1.807) is 0 Å². The van der Waals surface area contributed by atoms with Crippen molar-refractivity contribution in [2.75, 3.05) is 19.8 Å². The molecular formula is C11H11ClN2O4. The number of carbonyl (C=O) groups excluding carboxylic acids is 1. The Bertz CT molecular complexity index is 463. The first kappa shape index (κ1) is 12.8. The first-order chi connectivity index (χ1) is 8.59. The van der Waals surface area contributed by atoms with Crippen molar-refractivity contribution < 1.29 is 19.4 Å². The largest absolute Gasteiger partial charge is 0.480 e. The molecule has 1 aromatic rings. The summed E-state index contributed by atoms with van der Waals surface area (Å²) in [4.78, 5) is 28.3. The third kappa shape index (κ3) is 2.60. The number of hydrogen-bond donors (Lipinski definition) is 1. The number of amides is 1. The van der Waals surface area contributed by atoms with Crippen LogP contribution in [-0.4, -0.2) is 52.7 Å². The average molecular weight is 271 g/mol. The molecule has 1 aliphatic rings. The second kappa shape index (κ2) is 5.32. The Hall–Kier alpha value is -1.66. The SMILES string of the molecule is O=C(O)C1COCCN1C(=O)c1ccc(Cl)nc1. The highest BCUT2D eigenvalue weighted by Gasteiger charge is 2.33. The highest BCUT2D eigenvalue weighted by atomic mass is 35.5. The van der Waals surface area contributed by atoms with E-state index in [1.165, 1.54) is 23.2 Å². The summed E-state index contributed by atoms with van der Waals surface area (Å²) in [5.74, 6) is -1.46. The summed E-state index contributed by atoms with van der Waals surface area (Å²) in [6.07, 6.45) is 1.33. The van der Waals surface area contributed by atoms with Crippen LogP contribution in [0.1, 0.15) is 10.4 Å². The van der Waals surface area contributed by atoms with E-state index in [0.29, 0.717) is 12.2 Å². The van der Waals surface area contributed by atoms with Gasteiger partial charge in [0.15, 0.2) is 6.04 Å². The Morgan fingerprint density at radius 1 is 1.50 bits per heavy atom. The Kier molecular flexibility index (Phi) is 3.78. The standard InChI is InChI=1S/C11H11ClN2O4/c12-9-2-1-7(5-13-9)10(15)14-3-4-18-6-8(14)11(16)17/h1-2,5,8H,3-4,6H2,(H,16,17). The van der Waals surface area contributed by atoms with Crippen LogP contribution in [0, 0.1) is 0 Å². The van der Waals surface area contributed by atoms with Crippen LogP contribution in [-0.2, 0) is 9.53 Å². The number of carboxylic acid groups (broad SMARTS) is 1. The molecule has 96 valence electrons. The molecule has 2 heterocycles. The molecule has 18 heavy (non-hydrogen) atoms. The summed E-state index contributed by atoms with van der Waals surface area (Å²) in [5.41, 5.74) is 0.313. The maximum absolute atomic E-state index is 12.1. The van der Waals surface area contributed by atoms with E-state index in [4.69, 9.17) is 21.4 Å². The van der Waals surface area contributed by atoms with E-state index in [-0.39, 0.29) is 24.2 Å². The Labute approximate surface area is 108 Å². The molecule has 7 heteroatoms. The van der Waals surface area contributed by atoms with Gasteiger partial charge in [-0.05, 0) is 12.1 Å². The predicted octanol–water partition coefficient (Wildman–Crippen LogP) is 0.661. The Morgan fingerprint density at radius 3 is 2.89 bits per heavy atom. The number of ether oxygens (including phenoxy) is 1. The van der Waals surface area contributed by atoms with E-state index in [2.05, 4.69) is 4.98 Å². The number of hydrogen-bond acceptors (Lipinski definition) is 4. The second-order valence-electron chi connectivity index (χ2n) is 3.80. The van der Waals surface area contributed by atoms with E-state index >= 15 is 0 Å². The van der Waals surface area contributed by atoms with Crippen LogP contribution < -0.4 is 0 Å². The zero-order valence-electron chi connectivity index (χ0n) is 9.38. The molecular weight excluding hydrogens is 260 g/mol. The quantitative estimate of drug-likeness (QED) is 0.799. The summed E-state index contributed by atoms with van der Waals surface area (Å²) >= 11 is 5.63. The molecule has 0 saturated carbocycles. The minimum atomic E-state index is -1.08. The van der Waals surface area contributed by atoms with E-state index in [9.17, 15) is 9.59 Å². The van der Waals surface area contributed by atoms with Crippen molar-refractivity contribution in [1.82, 2.24) is 9.88 Å². The van der Waals surface area contributed by atoms with Gasteiger partial charge in [-0.3, -0.25) is 4.79 Å². The molecule has 1 atom stereocenters. The topological polar surface area (TPSA) is 79.7 Å². The van der Waals surface area contributed by atoms with Gasteiger partial charge in [0.2, 0.25) is 0 Å². The van der Waals surface area contributed by atoms with Gasteiger partial charge in [0, 0.05) is 12.7 Å². The van der Waals surface area contributed by atoms with Gasteiger partial charge < -0.3 is 14.7 Å². The lowest BCUT2D eigenvalue weighted by Crippen LogP contribution is -2.52. The number of carboxylic acids is 1. The molecule has 1 aliphatic heterocycles. The van der Waals surface area contributed by atoms with Crippen LogP contribution in [0.15, 0.2) is 18.3 Å². The van der Waals surface area contributed by atoms with Gasteiger partial charge in [0.1, 0.15) is 5.15 Å². The van der Waals surface area contributed by atoms with Crippen LogP contribution >= 0.6 is 11.6 Å². The van der Waals surface area contributed by atoms with Crippen LogP contribution in [0.5, 0.6) is 0 Å². The van der Waals surface area contributed by atoms with Gasteiger partial charge in [0.05, 0.1) is 18.8 Å². The van der Waals surface area contributed by atoms with Crippen molar-refractivity contribution in [3.05, 3.63) is 29.0 Å². The lowest BCUT2D eigenvalue weighted by atomic mass is 10.1. The summed E-state index contributed by atoms with van der Waals surface area (Å²) in [6, 6.07) is 2.05. The van der Waals surface area contributed by atoms with Crippen molar-refractivity contribution in [1.29, 1.82) is 0 Å². The predicted molar refractivity (Wildman–Crippen MR) is 62.5 cm³/mol. The molecule has 1 unspecified atom stereocenters. The number of rotatable bonds is 2. The maximum Gasteiger partial charge on any atom is 0.328 e. The molecule has 1 fully saturated rings. The van der Waals surface area contributed by atoms with E-state index in [1.807, 2.05) is 0 Å². The van der Waals surface area contributed by atoms with Gasteiger partial charge in [-0.2, -0.15) is 0 Å². The molecule has 0 spiro atoms. The third-order valence-corrected chi connectivity index (χ3v) is 2.87. The minimum absolute atomic E-state index is 0.00208. The number of aliphatic carboxylic acids is 1. The number of aromatic nitrogens is 1. The molecule has 2 rings (SSSR count). The fraction of sp³-hybridized carbons (Fsp3) is 0.364. The summed E-state index contributed by atoms with van der Waals surface area (Å²) in [5, 5.41) is 9.32. The lowest BCUT2D eigenvalue weighted by Gasteiger charge is -2.32. The highest BCUT2D eigenvalue weighted by molar-refractivity contribution is 6.29. The maximum atomic E-state index is 12.1. The van der Waals surface area contributed by atoms with E-state index < -0.39 is 12.0 Å². The van der Waals surface area contributed by atoms with Crippen molar-refractivity contribution in [3.8, 4) is 0 Å². The fourth-order valence-corrected chi connectivity index (χ4v) is 1.83. The second-order valence-corrected chi connectivity index (χ2v) is 4.18. The number of carbonyl (C=O) groups is 2. The van der Waals surface area contributed by atoms with Gasteiger partial charge >= 0.3 is 5.97 Å². The normalized spacial score (nSPS) is 19.6. The molecule has 0 aromatic carbocycles. The summed E-state index contributed by atoms with van der Waals surface area (Å²) in [7, 11) is 0. The molecule has 1 saturated heterocycles. The van der Waals surface area contributed by atoms with Crippen molar-refractivity contribution in [3.63, 3.8) is 0 Å². The van der Waals surface area contributed by atoms with Gasteiger partial charge in [-0.15, -0.1) is 0 Å². The van der Waals surface area contributed by atoms with Gasteiger partial charge in [-0.1, -0.05) is 11.6 Å². The first-order valence-electron chi connectivity index (χ1n) is 5.32. The molecule has 0 bridgehead atoms.